The van der Waals surface area contributed by atoms with Crippen molar-refractivity contribution in [1.29, 1.82) is 0 Å². The molecule has 0 fully saturated rings. The largest absolute Gasteiger partial charge is 0.495 e. The summed E-state index contributed by atoms with van der Waals surface area (Å²) in [6, 6.07) is 2.11. The van der Waals surface area contributed by atoms with Gasteiger partial charge in [0, 0.05) is 12.1 Å². The molecule has 1 unspecified atom stereocenters. The molecule has 1 rings (SSSR count). The maximum Gasteiger partial charge on any atom is 0.141 e. The van der Waals surface area contributed by atoms with E-state index in [1.807, 2.05) is 0 Å². The van der Waals surface area contributed by atoms with E-state index in [2.05, 4.69) is 19.3 Å². The predicted molar refractivity (Wildman–Crippen MR) is 97.9 cm³/mol. The average molecular weight is 363 g/mol. The Morgan fingerprint density at radius 3 is 2.04 bits per heavy atom. The third-order valence-electron chi connectivity index (χ3n) is 4.27. The monoisotopic (exact) mass is 362 g/mol. The molecule has 23 heavy (non-hydrogen) atoms. The van der Waals surface area contributed by atoms with E-state index >= 15 is 0 Å². The molecule has 0 aromatic heterocycles. The zero-order chi connectivity index (χ0) is 17.4. The first-order valence-corrected chi connectivity index (χ1v) is 8.81. The van der Waals surface area contributed by atoms with Crippen LogP contribution in [0.1, 0.15) is 57.4 Å². The number of nitrogens with one attached hydrogen (secondary N) is 1. The normalized spacial score (nSPS) is 13.7. The van der Waals surface area contributed by atoms with E-state index < -0.39 is 0 Å². The highest BCUT2D eigenvalue weighted by Gasteiger charge is 2.21. The fourth-order valence-corrected chi connectivity index (χ4v) is 3.60. The molecule has 0 radical (unpaired) electrons. The lowest BCUT2D eigenvalue weighted by atomic mass is 9.93. The second-order valence-electron chi connectivity index (χ2n) is 5.78. The predicted octanol–water partition coefficient (Wildman–Crippen LogP) is 4.92. The van der Waals surface area contributed by atoms with Crippen LogP contribution in [0.5, 0.6) is 11.5 Å². The van der Waals surface area contributed by atoms with Crippen molar-refractivity contribution in [3.8, 4) is 11.5 Å². The number of rotatable bonds is 10. The molecule has 0 saturated heterocycles. The minimum absolute atomic E-state index is 0.227. The first kappa shape index (κ1) is 20.4. The van der Waals surface area contributed by atoms with Crippen LogP contribution in [0.15, 0.2) is 6.07 Å². The summed E-state index contributed by atoms with van der Waals surface area (Å²) in [6.45, 7) is 4.26. The number of hydrogen-bond acceptors (Lipinski definition) is 4. The van der Waals surface area contributed by atoms with Crippen molar-refractivity contribution in [2.45, 2.75) is 57.9 Å². The van der Waals surface area contributed by atoms with Gasteiger partial charge in [0.05, 0.1) is 24.3 Å². The van der Waals surface area contributed by atoms with E-state index in [-0.39, 0.29) is 5.92 Å². The maximum atomic E-state index is 6.45. The molecule has 2 atom stereocenters. The molecule has 3 N–H and O–H groups in total. The van der Waals surface area contributed by atoms with Crippen LogP contribution >= 0.6 is 23.2 Å². The topological polar surface area (TPSA) is 56.5 Å². The molecule has 6 heteroatoms. The van der Waals surface area contributed by atoms with Gasteiger partial charge in [0.2, 0.25) is 0 Å². The van der Waals surface area contributed by atoms with E-state index in [1.165, 1.54) is 0 Å². The fraction of sp³-hybridized carbons (Fsp3) is 0.647. The van der Waals surface area contributed by atoms with E-state index in [1.54, 1.807) is 20.3 Å². The second kappa shape index (κ2) is 10.2. The lowest BCUT2D eigenvalue weighted by molar-refractivity contribution is 0.392. The molecule has 0 aliphatic rings. The van der Waals surface area contributed by atoms with Crippen molar-refractivity contribution < 1.29 is 9.47 Å². The van der Waals surface area contributed by atoms with Gasteiger partial charge < -0.3 is 9.47 Å². The minimum atomic E-state index is 0.227. The molecule has 0 bridgehead atoms. The molecule has 0 spiro atoms. The molecular weight excluding hydrogens is 335 g/mol. The van der Waals surface area contributed by atoms with Crippen LogP contribution in [0.2, 0.25) is 10.0 Å². The highest BCUT2D eigenvalue weighted by atomic mass is 35.5. The first-order valence-electron chi connectivity index (χ1n) is 8.06. The number of hydrazine groups is 1. The van der Waals surface area contributed by atoms with Crippen LogP contribution in [-0.2, 0) is 0 Å². The quantitative estimate of drug-likeness (QED) is 0.352. The van der Waals surface area contributed by atoms with Gasteiger partial charge in [0.1, 0.15) is 11.5 Å². The van der Waals surface area contributed by atoms with Gasteiger partial charge >= 0.3 is 0 Å². The number of halogens is 2. The zero-order valence-corrected chi connectivity index (χ0v) is 15.9. The molecule has 0 heterocycles. The van der Waals surface area contributed by atoms with E-state index in [9.17, 15) is 0 Å². The van der Waals surface area contributed by atoms with Crippen molar-refractivity contribution in [1.82, 2.24) is 5.43 Å². The Morgan fingerprint density at radius 2 is 1.61 bits per heavy atom. The Bertz CT molecular complexity index is 466. The third kappa shape index (κ3) is 5.42. The lowest BCUT2D eigenvalue weighted by Crippen LogP contribution is -2.34. The Morgan fingerprint density at radius 1 is 1.09 bits per heavy atom. The number of nitrogens with two attached hydrogens (primary N) is 1. The lowest BCUT2D eigenvalue weighted by Gasteiger charge is -2.20. The van der Waals surface area contributed by atoms with Crippen LogP contribution in [-0.4, -0.2) is 20.3 Å². The van der Waals surface area contributed by atoms with Gasteiger partial charge in [-0.3, -0.25) is 11.3 Å². The Balaban J connectivity index is 2.77. The van der Waals surface area contributed by atoms with Gasteiger partial charge in [-0.15, -0.1) is 0 Å². The van der Waals surface area contributed by atoms with Gasteiger partial charge in [0.25, 0.3) is 0 Å². The van der Waals surface area contributed by atoms with Crippen LogP contribution in [0.25, 0.3) is 0 Å². The molecular formula is C17H28Cl2N2O2. The summed E-state index contributed by atoms with van der Waals surface area (Å²) in [5, 5.41) is 1.14. The summed E-state index contributed by atoms with van der Waals surface area (Å²) in [7, 11) is 3.18. The number of ether oxygens (including phenoxy) is 2. The van der Waals surface area contributed by atoms with Crippen LogP contribution in [0.4, 0.5) is 0 Å². The molecule has 0 aliphatic carbocycles. The summed E-state index contributed by atoms with van der Waals surface area (Å²) < 4.78 is 10.7. The SMILES string of the molecule is CC[C@H](CCCCC(C)c1c(Cl)c(OC)cc(OC)c1Cl)NN. The number of unbranched alkanes of at least 4 members (excludes halogenated alkanes) is 1. The summed E-state index contributed by atoms with van der Waals surface area (Å²) in [5.41, 5.74) is 3.74. The van der Waals surface area contributed by atoms with Crippen molar-refractivity contribution >= 4 is 23.2 Å². The van der Waals surface area contributed by atoms with E-state index in [0.29, 0.717) is 27.6 Å². The fourth-order valence-electron chi connectivity index (χ4n) is 2.73. The molecule has 0 aliphatic heterocycles. The minimum Gasteiger partial charge on any atom is -0.495 e. The summed E-state index contributed by atoms with van der Waals surface area (Å²) in [6.07, 6.45) is 5.31. The highest BCUT2D eigenvalue weighted by Crippen LogP contribution is 2.44. The zero-order valence-electron chi connectivity index (χ0n) is 14.4. The standard InChI is InChI=1S/C17H28Cl2N2O2/c1-5-12(21-20)9-7-6-8-11(2)15-16(18)13(22-3)10-14(23-4)17(15)19/h10-12,21H,5-9,20H2,1-4H3/t11?,12-/m1/s1. The molecule has 1 aromatic rings. The smallest absolute Gasteiger partial charge is 0.141 e. The average Bonchev–Trinajstić information content (AvgIpc) is 2.55. The van der Waals surface area contributed by atoms with Crippen LogP contribution in [0, 0.1) is 0 Å². The van der Waals surface area contributed by atoms with Crippen LogP contribution in [0.3, 0.4) is 0 Å². The number of methoxy groups -OCH3 is 2. The van der Waals surface area contributed by atoms with Gasteiger partial charge in [-0.05, 0) is 30.7 Å². The van der Waals surface area contributed by atoms with Crippen LogP contribution < -0.4 is 20.7 Å². The molecule has 0 amide bonds. The Hall–Kier alpha value is -0.680. The first-order chi connectivity index (χ1) is 11.0. The van der Waals surface area contributed by atoms with Crippen molar-refractivity contribution in [2.24, 2.45) is 5.84 Å². The third-order valence-corrected chi connectivity index (χ3v) is 5.05. The number of benzene rings is 1. The van der Waals surface area contributed by atoms with Crippen molar-refractivity contribution in [3.63, 3.8) is 0 Å². The van der Waals surface area contributed by atoms with E-state index in [0.717, 1.165) is 37.7 Å². The summed E-state index contributed by atoms with van der Waals surface area (Å²) in [4.78, 5) is 0. The molecule has 0 saturated carbocycles. The second-order valence-corrected chi connectivity index (χ2v) is 6.54. The van der Waals surface area contributed by atoms with Crippen molar-refractivity contribution in [2.75, 3.05) is 14.2 Å². The number of hydrogen-bond donors (Lipinski definition) is 2. The Kier molecular flexibility index (Phi) is 9.07. The molecule has 4 nitrogen and oxygen atoms in total. The van der Waals surface area contributed by atoms with Gasteiger partial charge in [-0.2, -0.15) is 0 Å². The molecule has 1 aromatic carbocycles. The summed E-state index contributed by atoms with van der Waals surface area (Å²) in [5.74, 6) is 6.92. The van der Waals surface area contributed by atoms with E-state index in [4.69, 9.17) is 38.5 Å². The highest BCUT2D eigenvalue weighted by molar-refractivity contribution is 6.38. The molecule has 132 valence electrons. The van der Waals surface area contributed by atoms with Crippen molar-refractivity contribution in [3.05, 3.63) is 21.7 Å². The van der Waals surface area contributed by atoms with Gasteiger partial charge in [-0.25, -0.2) is 0 Å². The van der Waals surface area contributed by atoms with Gasteiger partial charge in [-0.1, -0.05) is 49.9 Å². The Labute approximate surface area is 149 Å². The summed E-state index contributed by atoms with van der Waals surface area (Å²) >= 11 is 12.9. The van der Waals surface area contributed by atoms with Gasteiger partial charge in [0.15, 0.2) is 0 Å². The maximum absolute atomic E-state index is 6.45.